The molecule has 0 unspecified atom stereocenters. The fourth-order valence-corrected chi connectivity index (χ4v) is 1.17. The van der Waals surface area contributed by atoms with E-state index in [1.54, 1.807) is 6.92 Å². The van der Waals surface area contributed by atoms with Gasteiger partial charge in [-0.25, -0.2) is 4.98 Å². The molecule has 0 aromatic carbocycles. The fourth-order valence-electron chi connectivity index (χ4n) is 1.17. The van der Waals surface area contributed by atoms with Crippen molar-refractivity contribution in [3.63, 3.8) is 0 Å². The molecule has 2 N–H and O–H groups in total. The standard InChI is InChI=1S/C9H12N2O3/c1-6-5-8(12)11-7(10-6)3-2-4-9(13)14/h5H,2-4H2,1H3,(H,13,14)(H,10,11,12). The maximum atomic E-state index is 11.0. The van der Waals surface area contributed by atoms with Gasteiger partial charge in [0.2, 0.25) is 0 Å². The van der Waals surface area contributed by atoms with Crippen molar-refractivity contribution in [2.24, 2.45) is 0 Å². The van der Waals surface area contributed by atoms with Crippen molar-refractivity contribution in [3.8, 4) is 0 Å². The third-order valence-corrected chi connectivity index (χ3v) is 1.72. The van der Waals surface area contributed by atoms with E-state index in [4.69, 9.17) is 5.11 Å². The second kappa shape index (κ2) is 4.55. The quantitative estimate of drug-likeness (QED) is 0.733. The highest BCUT2D eigenvalue weighted by molar-refractivity contribution is 5.66. The summed E-state index contributed by atoms with van der Waals surface area (Å²) in [6.07, 6.45) is 1.07. The molecule has 0 aliphatic rings. The maximum absolute atomic E-state index is 11.0. The van der Waals surface area contributed by atoms with E-state index in [2.05, 4.69) is 9.97 Å². The van der Waals surface area contributed by atoms with Gasteiger partial charge in [-0.2, -0.15) is 0 Å². The van der Waals surface area contributed by atoms with Crippen LogP contribution >= 0.6 is 0 Å². The van der Waals surface area contributed by atoms with E-state index in [1.165, 1.54) is 6.07 Å². The third-order valence-electron chi connectivity index (χ3n) is 1.72. The van der Waals surface area contributed by atoms with E-state index in [0.717, 1.165) is 0 Å². The van der Waals surface area contributed by atoms with Crippen molar-refractivity contribution in [2.75, 3.05) is 0 Å². The molecule has 0 saturated carbocycles. The van der Waals surface area contributed by atoms with Gasteiger partial charge in [-0.05, 0) is 13.3 Å². The minimum Gasteiger partial charge on any atom is -0.481 e. The number of nitrogens with zero attached hydrogens (tertiary/aromatic N) is 1. The highest BCUT2D eigenvalue weighted by Gasteiger charge is 2.00. The lowest BCUT2D eigenvalue weighted by Gasteiger charge is -1.99. The van der Waals surface area contributed by atoms with Crippen molar-refractivity contribution < 1.29 is 9.90 Å². The average Bonchev–Trinajstić information content (AvgIpc) is 2.01. The Labute approximate surface area is 80.8 Å². The number of carboxylic acids is 1. The van der Waals surface area contributed by atoms with E-state index >= 15 is 0 Å². The normalized spacial score (nSPS) is 10.1. The molecule has 1 aromatic heterocycles. The fraction of sp³-hybridized carbons (Fsp3) is 0.444. The second-order valence-corrected chi connectivity index (χ2v) is 3.08. The zero-order valence-electron chi connectivity index (χ0n) is 7.91. The Bertz CT molecular complexity index is 384. The van der Waals surface area contributed by atoms with Crippen LogP contribution in [0.2, 0.25) is 0 Å². The number of carboxylic acid groups (broad SMARTS) is 1. The first-order valence-corrected chi connectivity index (χ1v) is 4.36. The van der Waals surface area contributed by atoms with Crippen LogP contribution in [0.25, 0.3) is 0 Å². The SMILES string of the molecule is Cc1cc(=O)[nH]c(CCCC(=O)O)n1. The summed E-state index contributed by atoms with van der Waals surface area (Å²) in [5.74, 6) is -0.281. The van der Waals surface area contributed by atoms with Crippen molar-refractivity contribution in [1.82, 2.24) is 9.97 Å². The van der Waals surface area contributed by atoms with Crippen LogP contribution in [0.4, 0.5) is 0 Å². The van der Waals surface area contributed by atoms with Crippen LogP contribution < -0.4 is 5.56 Å². The summed E-state index contributed by atoms with van der Waals surface area (Å²) in [6.45, 7) is 1.73. The molecular weight excluding hydrogens is 184 g/mol. The van der Waals surface area contributed by atoms with Crippen molar-refractivity contribution >= 4 is 5.97 Å². The van der Waals surface area contributed by atoms with Crippen LogP contribution in [0.1, 0.15) is 24.4 Å². The molecule has 0 saturated heterocycles. The number of carbonyl (C=O) groups is 1. The summed E-state index contributed by atoms with van der Waals surface area (Å²) in [4.78, 5) is 27.9. The molecule has 1 rings (SSSR count). The number of aliphatic carboxylic acids is 1. The summed E-state index contributed by atoms with van der Waals surface area (Å²) < 4.78 is 0. The number of hydrogen-bond acceptors (Lipinski definition) is 3. The molecule has 76 valence electrons. The van der Waals surface area contributed by atoms with E-state index in [9.17, 15) is 9.59 Å². The number of aromatic amines is 1. The van der Waals surface area contributed by atoms with Gasteiger partial charge in [-0.1, -0.05) is 0 Å². The van der Waals surface area contributed by atoms with Crippen LogP contribution in [0.15, 0.2) is 10.9 Å². The molecule has 1 aromatic rings. The van der Waals surface area contributed by atoms with Crippen LogP contribution in [-0.2, 0) is 11.2 Å². The molecule has 0 radical (unpaired) electrons. The smallest absolute Gasteiger partial charge is 0.303 e. The lowest BCUT2D eigenvalue weighted by atomic mass is 10.2. The van der Waals surface area contributed by atoms with Crippen LogP contribution in [0.3, 0.4) is 0 Å². The highest BCUT2D eigenvalue weighted by atomic mass is 16.4. The van der Waals surface area contributed by atoms with E-state index in [1.807, 2.05) is 0 Å². The molecule has 1 heterocycles. The van der Waals surface area contributed by atoms with E-state index < -0.39 is 5.97 Å². The Kier molecular flexibility index (Phi) is 3.39. The predicted octanol–water partition coefficient (Wildman–Crippen LogP) is 0.486. The third kappa shape index (κ3) is 3.38. The molecule has 0 spiro atoms. The van der Waals surface area contributed by atoms with Gasteiger partial charge in [-0.3, -0.25) is 9.59 Å². The van der Waals surface area contributed by atoms with Gasteiger partial charge >= 0.3 is 5.97 Å². The van der Waals surface area contributed by atoms with Gasteiger partial charge in [0.1, 0.15) is 5.82 Å². The van der Waals surface area contributed by atoms with Crippen molar-refractivity contribution in [1.29, 1.82) is 0 Å². The Morgan fingerprint density at radius 1 is 1.64 bits per heavy atom. The van der Waals surface area contributed by atoms with Gasteiger partial charge in [0, 0.05) is 24.6 Å². The molecule has 0 fully saturated rings. The number of nitrogens with one attached hydrogen (secondary N) is 1. The first-order valence-electron chi connectivity index (χ1n) is 4.36. The van der Waals surface area contributed by atoms with Gasteiger partial charge in [-0.15, -0.1) is 0 Å². The lowest BCUT2D eigenvalue weighted by molar-refractivity contribution is -0.137. The molecule has 0 aliphatic carbocycles. The molecule has 0 aliphatic heterocycles. The molecule has 0 bridgehead atoms. The summed E-state index contributed by atoms with van der Waals surface area (Å²) in [5, 5.41) is 8.41. The number of hydrogen-bond donors (Lipinski definition) is 2. The zero-order chi connectivity index (χ0) is 10.6. The Balaban J connectivity index is 2.59. The first kappa shape index (κ1) is 10.4. The van der Waals surface area contributed by atoms with Crippen LogP contribution in [0.5, 0.6) is 0 Å². The molecule has 0 amide bonds. The number of rotatable bonds is 4. The summed E-state index contributed by atoms with van der Waals surface area (Å²) in [7, 11) is 0. The van der Waals surface area contributed by atoms with Gasteiger partial charge in [0.15, 0.2) is 0 Å². The molecular formula is C9H12N2O3. The summed E-state index contributed by atoms with van der Waals surface area (Å²) in [5.41, 5.74) is 0.460. The van der Waals surface area contributed by atoms with Crippen molar-refractivity contribution in [3.05, 3.63) is 27.9 Å². The minimum absolute atomic E-state index is 0.0949. The summed E-state index contributed by atoms with van der Waals surface area (Å²) >= 11 is 0. The monoisotopic (exact) mass is 196 g/mol. The maximum Gasteiger partial charge on any atom is 0.303 e. The van der Waals surface area contributed by atoms with Crippen LogP contribution in [-0.4, -0.2) is 21.0 Å². The van der Waals surface area contributed by atoms with Gasteiger partial charge in [0.25, 0.3) is 5.56 Å². The minimum atomic E-state index is -0.833. The number of aromatic nitrogens is 2. The second-order valence-electron chi connectivity index (χ2n) is 3.08. The number of H-pyrrole nitrogens is 1. The molecule has 5 nitrogen and oxygen atoms in total. The largest absolute Gasteiger partial charge is 0.481 e. The lowest BCUT2D eigenvalue weighted by Crippen LogP contribution is -2.11. The molecule has 0 atom stereocenters. The van der Waals surface area contributed by atoms with Crippen molar-refractivity contribution in [2.45, 2.75) is 26.2 Å². The molecule has 5 heteroatoms. The number of aryl methyl sites for hydroxylation is 2. The molecule has 14 heavy (non-hydrogen) atoms. The predicted molar refractivity (Wildman–Crippen MR) is 50.2 cm³/mol. The van der Waals surface area contributed by atoms with E-state index in [0.29, 0.717) is 24.4 Å². The topological polar surface area (TPSA) is 83.0 Å². The first-order chi connectivity index (χ1) is 6.58. The Morgan fingerprint density at radius 2 is 2.36 bits per heavy atom. The van der Waals surface area contributed by atoms with E-state index in [-0.39, 0.29) is 12.0 Å². The van der Waals surface area contributed by atoms with Crippen LogP contribution in [0, 0.1) is 6.92 Å². The summed E-state index contributed by atoms with van der Waals surface area (Å²) in [6, 6.07) is 1.40. The zero-order valence-corrected chi connectivity index (χ0v) is 7.91. The van der Waals surface area contributed by atoms with Gasteiger partial charge < -0.3 is 10.1 Å². The highest BCUT2D eigenvalue weighted by Crippen LogP contribution is 1.98. The Morgan fingerprint density at radius 3 is 2.93 bits per heavy atom. The van der Waals surface area contributed by atoms with Gasteiger partial charge in [0.05, 0.1) is 0 Å². The Hall–Kier alpha value is -1.65. The average molecular weight is 196 g/mol.